The molecule has 15 heavy (non-hydrogen) atoms. The van der Waals surface area contributed by atoms with Crippen LogP contribution in [0.4, 0.5) is 0 Å². The molecule has 0 spiro atoms. The summed E-state index contributed by atoms with van der Waals surface area (Å²) in [5.74, 6) is 1.83. The molecule has 0 aliphatic carbocycles. The van der Waals surface area contributed by atoms with Gasteiger partial charge in [0.15, 0.2) is 0 Å². The van der Waals surface area contributed by atoms with Crippen molar-refractivity contribution in [1.82, 2.24) is 0 Å². The summed E-state index contributed by atoms with van der Waals surface area (Å²) in [5.41, 5.74) is 3.13. The molecule has 0 bridgehead atoms. The van der Waals surface area contributed by atoms with Crippen molar-refractivity contribution in [2.45, 2.75) is 31.9 Å². The number of benzene rings is 1. The van der Waals surface area contributed by atoms with Gasteiger partial charge in [-0.05, 0) is 16.7 Å². The van der Waals surface area contributed by atoms with Gasteiger partial charge < -0.3 is 0 Å². The molecule has 84 valence electrons. The zero-order valence-electron chi connectivity index (χ0n) is 7.80. The lowest BCUT2D eigenvalue weighted by molar-refractivity contribution is 1.00. The molecule has 0 N–H and O–H groups in total. The highest BCUT2D eigenvalue weighted by Gasteiger charge is 2.16. The molecule has 0 nitrogen and oxygen atoms in total. The molecule has 1 aromatic carbocycles. The monoisotopic (exact) mass is 312 g/mol. The molecule has 6 heteroatoms. The Hall–Kier alpha value is 1.32. The second kappa shape index (κ2) is 6.31. The average Bonchev–Trinajstić information content (AvgIpc) is 2.23. The van der Waals surface area contributed by atoms with Crippen LogP contribution in [0.15, 0.2) is 14.7 Å². The molecule has 0 amide bonds. The van der Waals surface area contributed by atoms with Gasteiger partial charge in [-0.3, -0.25) is 0 Å². The van der Waals surface area contributed by atoms with E-state index >= 15 is 0 Å². The van der Waals surface area contributed by atoms with Crippen LogP contribution in [0.5, 0.6) is 0 Å². The summed E-state index contributed by atoms with van der Waals surface area (Å²) in [6.07, 6.45) is 0. The molecule has 0 fully saturated rings. The summed E-state index contributed by atoms with van der Waals surface area (Å²) in [6, 6.07) is 0. The molecule has 0 heterocycles. The number of rotatable bonds is 3. The van der Waals surface area contributed by atoms with Gasteiger partial charge >= 0.3 is 0 Å². The van der Waals surface area contributed by atoms with E-state index in [4.69, 9.17) is 0 Å². The van der Waals surface area contributed by atoms with E-state index < -0.39 is 0 Å². The summed E-state index contributed by atoms with van der Waals surface area (Å²) in [5, 5.41) is 0. The normalized spacial score (nSPS) is 10.8. The van der Waals surface area contributed by atoms with Gasteiger partial charge in [-0.2, -0.15) is 37.9 Å². The first-order valence-corrected chi connectivity index (χ1v) is 7.42. The van der Waals surface area contributed by atoms with E-state index in [1.807, 2.05) is 0 Å². The van der Waals surface area contributed by atoms with Gasteiger partial charge in [0.25, 0.3) is 0 Å². The van der Waals surface area contributed by atoms with E-state index in [-0.39, 0.29) is 0 Å². The predicted octanol–water partition coefficient (Wildman–Crippen LogP) is 3.84. The van der Waals surface area contributed by atoms with Gasteiger partial charge in [0.1, 0.15) is 0 Å². The fraction of sp³-hybridized carbons (Fsp3) is 0.333. The van der Waals surface area contributed by atoms with Gasteiger partial charge in [-0.15, -0.1) is 37.9 Å². The number of hydrogen-bond donors (Lipinski definition) is 6. The number of thiol groups is 6. The SMILES string of the molecule is SCc1c(S)c(S)c(CS)c(CS)c1S. The third kappa shape index (κ3) is 2.77. The van der Waals surface area contributed by atoms with E-state index in [9.17, 15) is 0 Å². The Morgan fingerprint density at radius 2 is 0.867 bits per heavy atom. The second-order valence-corrected chi connectivity index (χ2v) is 5.25. The second-order valence-electron chi connectivity index (χ2n) is 2.96. The largest absolute Gasteiger partial charge is 0.174 e. The summed E-state index contributed by atoms with van der Waals surface area (Å²) in [6.45, 7) is 0. The zero-order valence-corrected chi connectivity index (χ0v) is 13.2. The number of hydrogen-bond acceptors (Lipinski definition) is 6. The van der Waals surface area contributed by atoms with E-state index in [0.29, 0.717) is 17.3 Å². The van der Waals surface area contributed by atoms with Gasteiger partial charge in [-0.25, -0.2) is 0 Å². The average molecular weight is 313 g/mol. The molecule has 0 aliphatic rings. The highest BCUT2D eigenvalue weighted by Crippen LogP contribution is 2.37. The molecule has 1 rings (SSSR count). The van der Waals surface area contributed by atoms with Crippen LogP contribution in [0.1, 0.15) is 16.7 Å². The summed E-state index contributed by atoms with van der Waals surface area (Å²) in [7, 11) is 0. The highest BCUT2D eigenvalue weighted by atomic mass is 32.1. The van der Waals surface area contributed by atoms with Crippen molar-refractivity contribution >= 4 is 75.8 Å². The lowest BCUT2D eigenvalue weighted by Crippen LogP contribution is -1.99. The smallest absolute Gasteiger partial charge is 0.0229 e. The highest BCUT2D eigenvalue weighted by molar-refractivity contribution is 7.84. The molecule has 0 saturated carbocycles. The molecule has 0 unspecified atom stereocenters. The molecule has 0 saturated heterocycles. The first kappa shape index (κ1) is 14.4. The van der Waals surface area contributed by atoms with Gasteiger partial charge in [0.05, 0.1) is 0 Å². The van der Waals surface area contributed by atoms with Gasteiger partial charge in [-0.1, -0.05) is 0 Å². The Morgan fingerprint density at radius 3 is 1.27 bits per heavy atom. The fourth-order valence-corrected chi connectivity index (χ4v) is 4.04. The standard InChI is InChI=1S/C9H12S6/c10-1-4-5(2-11)8(14)9(15)6(3-12)7(4)13/h10-15H,1-3H2. The quantitative estimate of drug-likeness (QED) is 0.449. The van der Waals surface area contributed by atoms with Crippen LogP contribution < -0.4 is 0 Å². The van der Waals surface area contributed by atoms with Crippen molar-refractivity contribution in [3.8, 4) is 0 Å². The maximum absolute atomic E-state index is 4.50. The molecule has 0 radical (unpaired) electrons. The summed E-state index contributed by atoms with van der Waals surface area (Å²) in [4.78, 5) is 2.61. The van der Waals surface area contributed by atoms with Crippen molar-refractivity contribution < 1.29 is 0 Å². The van der Waals surface area contributed by atoms with Crippen LogP contribution in [0.2, 0.25) is 0 Å². The van der Waals surface area contributed by atoms with Crippen LogP contribution in [0, 0.1) is 0 Å². The Kier molecular flexibility index (Phi) is 6.05. The molecular weight excluding hydrogens is 301 g/mol. The maximum Gasteiger partial charge on any atom is 0.0229 e. The maximum atomic E-state index is 4.50. The van der Waals surface area contributed by atoms with E-state index in [1.54, 1.807) is 0 Å². The van der Waals surface area contributed by atoms with E-state index in [0.717, 1.165) is 31.4 Å². The lowest BCUT2D eigenvalue weighted by atomic mass is 10.1. The van der Waals surface area contributed by atoms with Crippen LogP contribution in [-0.2, 0) is 17.3 Å². The van der Waals surface area contributed by atoms with E-state index in [2.05, 4.69) is 75.8 Å². The van der Waals surface area contributed by atoms with Crippen molar-refractivity contribution in [3.63, 3.8) is 0 Å². The molecule has 1 aromatic rings. The third-order valence-electron chi connectivity index (χ3n) is 2.21. The topological polar surface area (TPSA) is 0 Å². The molecular formula is C9H12S6. The van der Waals surface area contributed by atoms with Crippen molar-refractivity contribution in [2.75, 3.05) is 0 Å². The summed E-state index contributed by atoms with van der Waals surface area (Å²) >= 11 is 26.3. The molecule has 0 aromatic heterocycles. The van der Waals surface area contributed by atoms with Crippen molar-refractivity contribution in [3.05, 3.63) is 16.7 Å². The lowest BCUT2D eigenvalue weighted by Gasteiger charge is -2.17. The minimum atomic E-state index is 0.596. The summed E-state index contributed by atoms with van der Waals surface area (Å²) < 4.78 is 0. The third-order valence-corrected chi connectivity index (χ3v) is 4.86. The first-order chi connectivity index (χ1) is 7.08. The Bertz CT molecular complexity index is 374. The fourth-order valence-electron chi connectivity index (χ4n) is 1.36. The van der Waals surface area contributed by atoms with Crippen molar-refractivity contribution in [2.24, 2.45) is 0 Å². The van der Waals surface area contributed by atoms with Crippen molar-refractivity contribution in [1.29, 1.82) is 0 Å². The Balaban J connectivity index is 3.57. The van der Waals surface area contributed by atoms with Gasteiger partial charge in [0.2, 0.25) is 0 Å². The molecule has 0 aliphatic heterocycles. The Morgan fingerprint density at radius 1 is 0.533 bits per heavy atom. The van der Waals surface area contributed by atoms with Crippen LogP contribution in [0.25, 0.3) is 0 Å². The van der Waals surface area contributed by atoms with E-state index in [1.165, 1.54) is 0 Å². The minimum absolute atomic E-state index is 0.596. The minimum Gasteiger partial charge on any atom is -0.174 e. The van der Waals surface area contributed by atoms with Crippen LogP contribution in [0.3, 0.4) is 0 Å². The zero-order chi connectivity index (χ0) is 11.6. The predicted molar refractivity (Wildman–Crippen MR) is 86.3 cm³/mol. The molecule has 0 atom stereocenters. The first-order valence-electron chi connectivity index (χ1n) is 4.18. The van der Waals surface area contributed by atoms with Crippen LogP contribution >= 0.6 is 75.8 Å². The Labute approximate surface area is 123 Å². The van der Waals surface area contributed by atoms with Gasteiger partial charge in [0, 0.05) is 31.9 Å². The van der Waals surface area contributed by atoms with Crippen LogP contribution in [-0.4, -0.2) is 0 Å².